The van der Waals surface area contributed by atoms with Crippen molar-refractivity contribution in [2.24, 2.45) is 0 Å². The second-order valence-corrected chi connectivity index (χ2v) is 5.96. The standard InChI is InChI=1S/C18H21F3N4O2/c19-18(20,21)15-3-1-4-16(11-15)24-17(26)14(12-22)13-23-5-2-6-25-7-9-27-10-8-25/h1,3-4,11,13,23H,2,5-10H2,(H,24,26)/b14-13-. The van der Waals surface area contributed by atoms with Crippen LogP contribution in [0, 0.1) is 11.3 Å². The number of nitriles is 1. The minimum Gasteiger partial charge on any atom is -0.390 e. The van der Waals surface area contributed by atoms with Gasteiger partial charge in [-0.25, -0.2) is 0 Å². The van der Waals surface area contributed by atoms with Crippen molar-refractivity contribution in [3.05, 3.63) is 41.6 Å². The number of ether oxygens (including phenoxy) is 1. The van der Waals surface area contributed by atoms with Crippen molar-refractivity contribution in [2.45, 2.75) is 12.6 Å². The predicted molar refractivity (Wildman–Crippen MR) is 93.6 cm³/mol. The third-order valence-corrected chi connectivity index (χ3v) is 3.96. The predicted octanol–water partition coefficient (Wildman–Crippen LogP) is 2.36. The van der Waals surface area contributed by atoms with Gasteiger partial charge in [-0.05, 0) is 31.2 Å². The molecule has 0 bridgehead atoms. The van der Waals surface area contributed by atoms with Gasteiger partial charge in [0.25, 0.3) is 5.91 Å². The van der Waals surface area contributed by atoms with Gasteiger partial charge in [0.15, 0.2) is 0 Å². The molecule has 9 heteroatoms. The normalized spacial score (nSPS) is 15.9. The lowest BCUT2D eigenvalue weighted by Gasteiger charge is -2.26. The number of hydrogen-bond donors (Lipinski definition) is 2. The summed E-state index contributed by atoms with van der Waals surface area (Å²) in [6, 6.07) is 6.00. The average Bonchev–Trinajstić information content (AvgIpc) is 2.65. The van der Waals surface area contributed by atoms with Crippen LogP contribution < -0.4 is 10.6 Å². The van der Waals surface area contributed by atoms with E-state index in [2.05, 4.69) is 15.5 Å². The zero-order valence-corrected chi connectivity index (χ0v) is 14.7. The third-order valence-electron chi connectivity index (χ3n) is 3.96. The number of nitrogens with one attached hydrogen (secondary N) is 2. The van der Waals surface area contributed by atoms with E-state index < -0.39 is 17.6 Å². The smallest absolute Gasteiger partial charge is 0.390 e. The van der Waals surface area contributed by atoms with Crippen molar-refractivity contribution in [1.82, 2.24) is 10.2 Å². The van der Waals surface area contributed by atoms with E-state index in [1.165, 1.54) is 18.3 Å². The van der Waals surface area contributed by atoms with Gasteiger partial charge in [-0.15, -0.1) is 0 Å². The number of carbonyl (C=O) groups is 1. The van der Waals surface area contributed by atoms with Gasteiger partial charge >= 0.3 is 6.18 Å². The Kier molecular flexibility index (Phi) is 7.64. The Labute approximate surface area is 155 Å². The molecule has 1 heterocycles. The van der Waals surface area contributed by atoms with Crippen LogP contribution in [-0.2, 0) is 15.7 Å². The number of halogens is 3. The summed E-state index contributed by atoms with van der Waals surface area (Å²) in [7, 11) is 0. The van der Waals surface area contributed by atoms with Gasteiger partial charge in [0, 0.05) is 31.5 Å². The Morgan fingerprint density at radius 2 is 2.07 bits per heavy atom. The number of anilines is 1. The molecule has 0 aliphatic carbocycles. The largest absolute Gasteiger partial charge is 0.416 e. The molecule has 27 heavy (non-hydrogen) atoms. The van der Waals surface area contributed by atoms with E-state index in [-0.39, 0.29) is 11.3 Å². The number of rotatable bonds is 7. The molecular formula is C18H21F3N4O2. The molecule has 1 aliphatic rings. The summed E-state index contributed by atoms with van der Waals surface area (Å²) >= 11 is 0. The Morgan fingerprint density at radius 1 is 1.33 bits per heavy atom. The summed E-state index contributed by atoms with van der Waals surface area (Å²) in [4.78, 5) is 14.3. The van der Waals surface area contributed by atoms with E-state index >= 15 is 0 Å². The van der Waals surface area contributed by atoms with Crippen LogP contribution in [0.1, 0.15) is 12.0 Å². The lowest BCUT2D eigenvalue weighted by molar-refractivity contribution is -0.137. The van der Waals surface area contributed by atoms with Gasteiger partial charge < -0.3 is 15.4 Å². The highest BCUT2D eigenvalue weighted by molar-refractivity contribution is 6.06. The second-order valence-electron chi connectivity index (χ2n) is 5.96. The third kappa shape index (κ3) is 6.92. The monoisotopic (exact) mass is 382 g/mol. The Bertz CT molecular complexity index is 707. The first-order valence-electron chi connectivity index (χ1n) is 8.52. The number of hydrogen-bond acceptors (Lipinski definition) is 5. The van der Waals surface area contributed by atoms with E-state index in [1.807, 2.05) is 0 Å². The molecule has 0 atom stereocenters. The van der Waals surface area contributed by atoms with E-state index in [1.54, 1.807) is 6.07 Å². The van der Waals surface area contributed by atoms with Crippen LogP contribution in [0.4, 0.5) is 18.9 Å². The first-order valence-corrected chi connectivity index (χ1v) is 8.52. The van der Waals surface area contributed by atoms with E-state index in [0.717, 1.165) is 51.4 Å². The second kappa shape index (κ2) is 9.94. The molecule has 0 radical (unpaired) electrons. The fourth-order valence-corrected chi connectivity index (χ4v) is 2.52. The molecule has 1 aromatic rings. The molecule has 2 N–H and O–H groups in total. The molecule has 0 saturated carbocycles. The quantitative estimate of drug-likeness (QED) is 0.430. The molecule has 146 valence electrons. The van der Waals surface area contributed by atoms with E-state index in [4.69, 9.17) is 10.00 Å². The summed E-state index contributed by atoms with van der Waals surface area (Å²) in [5, 5.41) is 14.3. The molecule has 0 unspecified atom stereocenters. The highest BCUT2D eigenvalue weighted by Gasteiger charge is 2.30. The summed E-state index contributed by atoms with van der Waals surface area (Å²) in [6.07, 6.45) is -2.40. The molecule has 0 spiro atoms. The molecule has 0 aromatic heterocycles. The van der Waals surface area contributed by atoms with Crippen LogP contribution in [0.2, 0.25) is 0 Å². The van der Waals surface area contributed by atoms with Crippen LogP contribution >= 0.6 is 0 Å². The minimum atomic E-state index is -4.50. The molecule has 1 fully saturated rings. The fraction of sp³-hybridized carbons (Fsp3) is 0.444. The fourth-order valence-electron chi connectivity index (χ4n) is 2.52. The minimum absolute atomic E-state index is 0.0247. The van der Waals surface area contributed by atoms with E-state index in [9.17, 15) is 18.0 Å². The molecule has 2 rings (SSSR count). The number of carbonyl (C=O) groups excluding carboxylic acids is 1. The highest BCUT2D eigenvalue weighted by atomic mass is 19.4. The van der Waals surface area contributed by atoms with Gasteiger partial charge in [0.2, 0.25) is 0 Å². The Balaban J connectivity index is 1.82. The number of benzene rings is 1. The van der Waals surface area contributed by atoms with Crippen molar-refractivity contribution in [3.8, 4) is 6.07 Å². The molecule has 1 saturated heterocycles. The van der Waals surface area contributed by atoms with Crippen LogP contribution in [0.15, 0.2) is 36.0 Å². The maximum atomic E-state index is 12.7. The topological polar surface area (TPSA) is 77.4 Å². The van der Waals surface area contributed by atoms with Crippen molar-refractivity contribution in [2.75, 3.05) is 44.7 Å². The van der Waals surface area contributed by atoms with Crippen molar-refractivity contribution in [1.29, 1.82) is 5.26 Å². The van der Waals surface area contributed by atoms with Gasteiger partial charge in [0.05, 0.1) is 18.8 Å². The molecule has 1 aromatic carbocycles. The number of alkyl halides is 3. The number of morpholine rings is 1. The summed E-state index contributed by atoms with van der Waals surface area (Å²) in [6.45, 7) is 4.67. The first-order chi connectivity index (χ1) is 12.9. The van der Waals surface area contributed by atoms with Gasteiger partial charge in [-0.3, -0.25) is 9.69 Å². The van der Waals surface area contributed by atoms with Crippen molar-refractivity contribution >= 4 is 11.6 Å². The number of nitrogens with zero attached hydrogens (tertiary/aromatic N) is 2. The first kappa shape index (κ1) is 20.7. The summed E-state index contributed by atoms with van der Waals surface area (Å²) < 4.78 is 43.4. The average molecular weight is 382 g/mol. The number of amides is 1. The lowest BCUT2D eigenvalue weighted by Crippen LogP contribution is -2.37. The zero-order valence-electron chi connectivity index (χ0n) is 14.7. The van der Waals surface area contributed by atoms with Crippen LogP contribution in [0.25, 0.3) is 0 Å². The molecule has 6 nitrogen and oxygen atoms in total. The maximum Gasteiger partial charge on any atom is 0.416 e. The summed E-state index contributed by atoms with van der Waals surface area (Å²) in [5.41, 5.74) is -1.11. The SMILES string of the molecule is N#C/C(=C/NCCCN1CCOCC1)C(=O)Nc1cccc(C(F)(F)F)c1. The molecule has 1 amide bonds. The van der Waals surface area contributed by atoms with Gasteiger partial charge in [-0.1, -0.05) is 6.07 Å². The zero-order chi connectivity index (χ0) is 19.7. The molecular weight excluding hydrogens is 361 g/mol. The van der Waals surface area contributed by atoms with Crippen molar-refractivity contribution < 1.29 is 22.7 Å². The van der Waals surface area contributed by atoms with Gasteiger partial charge in [0.1, 0.15) is 11.6 Å². The Morgan fingerprint density at radius 3 is 2.74 bits per heavy atom. The summed E-state index contributed by atoms with van der Waals surface area (Å²) in [5.74, 6) is -0.766. The van der Waals surface area contributed by atoms with Crippen LogP contribution in [0.5, 0.6) is 0 Å². The van der Waals surface area contributed by atoms with Crippen LogP contribution in [0.3, 0.4) is 0 Å². The van der Waals surface area contributed by atoms with Crippen LogP contribution in [-0.4, -0.2) is 50.2 Å². The van der Waals surface area contributed by atoms with Crippen molar-refractivity contribution in [3.63, 3.8) is 0 Å². The van der Waals surface area contributed by atoms with Gasteiger partial charge in [-0.2, -0.15) is 18.4 Å². The van der Waals surface area contributed by atoms with E-state index in [0.29, 0.717) is 6.54 Å². The Hall–Kier alpha value is -2.57. The molecule has 1 aliphatic heterocycles. The highest BCUT2D eigenvalue weighted by Crippen LogP contribution is 2.30. The maximum absolute atomic E-state index is 12.7. The lowest BCUT2D eigenvalue weighted by atomic mass is 10.2.